The second-order valence-electron chi connectivity index (χ2n) is 5.97. The highest BCUT2D eigenvalue weighted by atomic mass is 19.1. The van der Waals surface area contributed by atoms with E-state index in [-0.39, 0.29) is 5.82 Å². The van der Waals surface area contributed by atoms with Crippen LogP contribution in [-0.2, 0) is 13.0 Å². The van der Waals surface area contributed by atoms with Crippen LogP contribution in [0.2, 0.25) is 0 Å². The van der Waals surface area contributed by atoms with Crippen LogP contribution in [-0.4, -0.2) is 9.38 Å². The molecule has 0 saturated carbocycles. The number of nitrogens with zero attached hydrogens (tertiary/aromatic N) is 2. The number of fused-ring (bicyclic) bond motifs is 1. The molecule has 0 fully saturated rings. The molecular formula is C19H22FN3. The van der Waals surface area contributed by atoms with Gasteiger partial charge in [0.25, 0.3) is 0 Å². The molecule has 1 N–H and O–H groups in total. The summed E-state index contributed by atoms with van der Waals surface area (Å²) in [5.74, 6) is -0.162. The molecule has 0 aliphatic carbocycles. The Morgan fingerprint density at radius 1 is 1.22 bits per heavy atom. The number of benzene rings is 1. The predicted octanol–water partition coefficient (Wildman–Crippen LogP) is 4.57. The lowest BCUT2D eigenvalue weighted by Gasteiger charge is -2.14. The normalized spacial score (nSPS) is 11.2. The fraction of sp³-hybridized carbons (Fsp3) is 0.316. The Kier molecular flexibility index (Phi) is 4.07. The van der Waals surface area contributed by atoms with E-state index in [0.717, 1.165) is 45.8 Å². The van der Waals surface area contributed by atoms with Crippen molar-refractivity contribution >= 4 is 11.3 Å². The number of rotatable bonds is 4. The zero-order valence-corrected chi connectivity index (χ0v) is 14.1. The van der Waals surface area contributed by atoms with E-state index in [0.29, 0.717) is 6.54 Å². The lowest BCUT2D eigenvalue weighted by Crippen LogP contribution is -2.07. The van der Waals surface area contributed by atoms with Crippen LogP contribution >= 0.6 is 0 Å². The predicted molar refractivity (Wildman–Crippen MR) is 92.5 cm³/mol. The third kappa shape index (κ3) is 2.81. The van der Waals surface area contributed by atoms with E-state index in [2.05, 4.69) is 28.5 Å². The summed E-state index contributed by atoms with van der Waals surface area (Å²) < 4.78 is 15.7. The van der Waals surface area contributed by atoms with E-state index in [1.165, 1.54) is 0 Å². The van der Waals surface area contributed by atoms with Crippen LogP contribution in [0, 0.1) is 26.6 Å². The second kappa shape index (κ2) is 6.03. The molecule has 23 heavy (non-hydrogen) atoms. The molecule has 2 aromatic heterocycles. The molecule has 1 aromatic carbocycles. The first-order chi connectivity index (χ1) is 11.0. The van der Waals surface area contributed by atoms with Crippen LogP contribution in [0.1, 0.15) is 35.0 Å². The summed E-state index contributed by atoms with van der Waals surface area (Å²) in [6.07, 6.45) is 2.85. The van der Waals surface area contributed by atoms with Crippen molar-refractivity contribution in [3.8, 4) is 0 Å². The third-order valence-corrected chi connectivity index (χ3v) is 4.49. The number of hydrogen-bond acceptors (Lipinski definition) is 2. The van der Waals surface area contributed by atoms with Crippen LogP contribution in [0.4, 0.5) is 10.1 Å². The molecule has 0 saturated heterocycles. The SMILES string of the molecule is CCc1cc(F)cc(C)c1CNc1cccn2c(C)c(C)nc12. The number of anilines is 1. The molecule has 4 heteroatoms. The number of pyridine rings is 1. The van der Waals surface area contributed by atoms with Gasteiger partial charge in [-0.1, -0.05) is 6.92 Å². The molecule has 0 bridgehead atoms. The Labute approximate surface area is 136 Å². The molecule has 3 nitrogen and oxygen atoms in total. The molecule has 0 amide bonds. The maximum Gasteiger partial charge on any atom is 0.160 e. The van der Waals surface area contributed by atoms with E-state index in [1.54, 1.807) is 12.1 Å². The van der Waals surface area contributed by atoms with Crippen molar-refractivity contribution < 1.29 is 4.39 Å². The molecule has 120 valence electrons. The second-order valence-corrected chi connectivity index (χ2v) is 5.97. The highest BCUT2D eigenvalue weighted by molar-refractivity contribution is 5.68. The molecule has 0 aliphatic heterocycles. The fourth-order valence-electron chi connectivity index (χ4n) is 3.03. The van der Waals surface area contributed by atoms with Crippen LogP contribution in [0.5, 0.6) is 0 Å². The molecule has 3 rings (SSSR count). The van der Waals surface area contributed by atoms with Crippen molar-refractivity contribution in [3.63, 3.8) is 0 Å². The van der Waals surface area contributed by atoms with E-state index < -0.39 is 0 Å². The average Bonchev–Trinajstić information content (AvgIpc) is 2.81. The van der Waals surface area contributed by atoms with Crippen molar-refractivity contribution in [1.82, 2.24) is 9.38 Å². The van der Waals surface area contributed by atoms with Crippen LogP contribution in [0.15, 0.2) is 30.5 Å². The number of nitrogens with one attached hydrogen (secondary N) is 1. The van der Waals surface area contributed by atoms with Crippen LogP contribution in [0.25, 0.3) is 5.65 Å². The van der Waals surface area contributed by atoms with Crippen molar-refractivity contribution in [1.29, 1.82) is 0 Å². The molecule has 3 aromatic rings. The summed E-state index contributed by atoms with van der Waals surface area (Å²) in [5, 5.41) is 3.47. The summed E-state index contributed by atoms with van der Waals surface area (Å²) in [4.78, 5) is 4.64. The molecule has 2 heterocycles. The van der Waals surface area contributed by atoms with Crippen LogP contribution in [0.3, 0.4) is 0 Å². The summed E-state index contributed by atoms with van der Waals surface area (Å²) in [7, 11) is 0. The van der Waals surface area contributed by atoms with E-state index in [4.69, 9.17) is 0 Å². The average molecular weight is 311 g/mol. The number of imidazole rings is 1. The lowest BCUT2D eigenvalue weighted by atomic mass is 9.99. The monoisotopic (exact) mass is 311 g/mol. The fourth-order valence-corrected chi connectivity index (χ4v) is 3.03. The van der Waals surface area contributed by atoms with Gasteiger partial charge in [-0.25, -0.2) is 9.37 Å². The lowest BCUT2D eigenvalue weighted by molar-refractivity contribution is 0.623. The number of aromatic nitrogens is 2. The van der Waals surface area contributed by atoms with Gasteiger partial charge in [-0.3, -0.25) is 0 Å². The Hall–Kier alpha value is -2.36. The molecule has 0 aliphatic rings. The van der Waals surface area contributed by atoms with Gasteiger partial charge in [-0.2, -0.15) is 0 Å². The van der Waals surface area contributed by atoms with Gasteiger partial charge in [-0.05, 0) is 68.1 Å². The minimum atomic E-state index is -0.162. The first-order valence-electron chi connectivity index (χ1n) is 7.97. The first kappa shape index (κ1) is 15.5. The smallest absolute Gasteiger partial charge is 0.160 e. The van der Waals surface area contributed by atoms with E-state index >= 15 is 0 Å². The summed E-state index contributed by atoms with van der Waals surface area (Å²) in [6.45, 7) is 8.77. The Balaban J connectivity index is 1.94. The van der Waals surface area contributed by atoms with Crippen molar-refractivity contribution in [2.45, 2.75) is 40.7 Å². The Morgan fingerprint density at radius 3 is 2.74 bits per heavy atom. The molecule has 0 atom stereocenters. The van der Waals surface area contributed by atoms with Gasteiger partial charge in [-0.15, -0.1) is 0 Å². The maximum absolute atomic E-state index is 13.6. The number of aryl methyl sites for hydroxylation is 4. The van der Waals surface area contributed by atoms with Gasteiger partial charge in [0.2, 0.25) is 0 Å². The van der Waals surface area contributed by atoms with Crippen molar-refractivity contribution in [2.24, 2.45) is 0 Å². The number of hydrogen-bond donors (Lipinski definition) is 1. The topological polar surface area (TPSA) is 29.3 Å². The van der Waals surface area contributed by atoms with Crippen molar-refractivity contribution in [2.75, 3.05) is 5.32 Å². The Morgan fingerprint density at radius 2 is 2.00 bits per heavy atom. The summed E-state index contributed by atoms with van der Waals surface area (Å²) in [6, 6.07) is 7.28. The molecular weight excluding hydrogens is 289 g/mol. The third-order valence-electron chi connectivity index (χ3n) is 4.49. The Bertz CT molecular complexity index is 865. The van der Waals surface area contributed by atoms with Gasteiger partial charge < -0.3 is 9.72 Å². The minimum absolute atomic E-state index is 0.162. The maximum atomic E-state index is 13.6. The van der Waals surface area contributed by atoms with Crippen molar-refractivity contribution in [3.05, 3.63) is 64.4 Å². The largest absolute Gasteiger partial charge is 0.378 e. The van der Waals surface area contributed by atoms with Crippen LogP contribution < -0.4 is 5.32 Å². The highest BCUT2D eigenvalue weighted by Gasteiger charge is 2.11. The number of halogens is 1. The molecule has 0 radical (unpaired) electrons. The van der Waals surface area contributed by atoms with Gasteiger partial charge in [0, 0.05) is 18.4 Å². The van der Waals surface area contributed by atoms with E-state index in [1.807, 2.05) is 32.2 Å². The standard InChI is InChI=1S/C19H22FN3/c1-5-15-10-16(20)9-12(2)17(15)11-21-18-7-6-8-23-14(4)13(3)22-19(18)23/h6-10,21H,5,11H2,1-4H3. The van der Waals surface area contributed by atoms with Gasteiger partial charge >= 0.3 is 0 Å². The van der Waals surface area contributed by atoms with Gasteiger partial charge in [0.05, 0.1) is 11.4 Å². The quantitative estimate of drug-likeness (QED) is 0.764. The minimum Gasteiger partial charge on any atom is -0.378 e. The zero-order chi connectivity index (χ0) is 16.6. The molecule has 0 spiro atoms. The summed E-state index contributed by atoms with van der Waals surface area (Å²) in [5.41, 5.74) is 7.31. The highest BCUT2D eigenvalue weighted by Crippen LogP contribution is 2.22. The van der Waals surface area contributed by atoms with E-state index in [9.17, 15) is 4.39 Å². The first-order valence-corrected chi connectivity index (χ1v) is 7.97. The van der Waals surface area contributed by atoms with Gasteiger partial charge in [0.15, 0.2) is 5.65 Å². The zero-order valence-electron chi connectivity index (χ0n) is 14.1. The van der Waals surface area contributed by atoms with Gasteiger partial charge in [0.1, 0.15) is 5.82 Å². The molecule has 0 unspecified atom stereocenters. The summed E-state index contributed by atoms with van der Waals surface area (Å²) >= 11 is 0.